The maximum Gasteiger partial charge on any atom is 0.226 e. The summed E-state index contributed by atoms with van der Waals surface area (Å²) < 4.78 is 2.00. The summed E-state index contributed by atoms with van der Waals surface area (Å²) in [6, 6.07) is 10.0. The number of para-hydroxylation sites is 1. The van der Waals surface area contributed by atoms with E-state index >= 15 is 0 Å². The molecule has 0 aliphatic carbocycles. The molecule has 0 atom stereocenters. The molecule has 3 aromatic rings. The molecule has 2 heterocycles. The van der Waals surface area contributed by atoms with Gasteiger partial charge < -0.3 is 20.3 Å². The molecule has 120 valence electrons. The molecule has 0 radical (unpaired) electrons. The van der Waals surface area contributed by atoms with Gasteiger partial charge in [0, 0.05) is 18.3 Å². The molecule has 0 aliphatic heterocycles. The van der Waals surface area contributed by atoms with Gasteiger partial charge in [-0.1, -0.05) is 18.2 Å². The Morgan fingerprint density at radius 2 is 1.96 bits per heavy atom. The Kier molecular flexibility index (Phi) is 4.38. The summed E-state index contributed by atoms with van der Waals surface area (Å²) in [4.78, 5) is 13.5. The molecular formula is C16H20N6O. The number of nitrogens with one attached hydrogen (secondary N) is 2. The van der Waals surface area contributed by atoms with Crippen LogP contribution < -0.4 is 10.6 Å². The molecule has 7 nitrogen and oxygen atoms in total. The van der Waals surface area contributed by atoms with Crippen molar-refractivity contribution in [3.05, 3.63) is 36.7 Å². The Morgan fingerprint density at radius 1 is 1.17 bits per heavy atom. The summed E-state index contributed by atoms with van der Waals surface area (Å²) in [5, 5.41) is 15.3. The number of rotatable bonds is 6. The Labute approximate surface area is 134 Å². The summed E-state index contributed by atoms with van der Waals surface area (Å²) in [7, 11) is 0. The van der Waals surface area contributed by atoms with E-state index in [1.165, 1.54) is 0 Å². The molecule has 23 heavy (non-hydrogen) atoms. The number of nitrogens with zero attached hydrogens (tertiary/aromatic N) is 4. The molecule has 0 bridgehead atoms. The molecular weight excluding hydrogens is 292 g/mol. The third-order valence-electron chi connectivity index (χ3n) is 3.41. The van der Waals surface area contributed by atoms with E-state index in [4.69, 9.17) is 5.11 Å². The van der Waals surface area contributed by atoms with Gasteiger partial charge in [-0.25, -0.2) is 4.98 Å². The van der Waals surface area contributed by atoms with Gasteiger partial charge in [-0.3, -0.25) is 0 Å². The average Bonchev–Trinajstić information content (AvgIpc) is 2.98. The number of aliphatic hydroxyl groups is 1. The Balaban J connectivity index is 2.06. The quantitative estimate of drug-likeness (QED) is 0.648. The smallest absolute Gasteiger partial charge is 0.226 e. The van der Waals surface area contributed by atoms with Crippen molar-refractivity contribution >= 4 is 28.6 Å². The second kappa shape index (κ2) is 6.62. The van der Waals surface area contributed by atoms with Gasteiger partial charge in [0.25, 0.3) is 0 Å². The topological polar surface area (TPSA) is 87.9 Å². The second-order valence-electron chi connectivity index (χ2n) is 5.46. The van der Waals surface area contributed by atoms with Crippen molar-refractivity contribution in [2.75, 3.05) is 23.8 Å². The van der Waals surface area contributed by atoms with Crippen LogP contribution in [-0.4, -0.2) is 37.8 Å². The van der Waals surface area contributed by atoms with Crippen LogP contribution in [0.4, 0.5) is 17.5 Å². The first-order valence-electron chi connectivity index (χ1n) is 7.60. The van der Waals surface area contributed by atoms with Crippen molar-refractivity contribution in [3.8, 4) is 0 Å². The van der Waals surface area contributed by atoms with E-state index in [9.17, 15) is 0 Å². The Bertz CT molecular complexity index is 784. The van der Waals surface area contributed by atoms with E-state index in [1.807, 2.05) is 34.9 Å². The van der Waals surface area contributed by atoms with Crippen LogP contribution >= 0.6 is 0 Å². The van der Waals surface area contributed by atoms with Gasteiger partial charge in [0.2, 0.25) is 5.95 Å². The third kappa shape index (κ3) is 3.24. The lowest BCUT2D eigenvalue weighted by Crippen LogP contribution is -2.11. The molecule has 0 unspecified atom stereocenters. The monoisotopic (exact) mass is 312 g/mol. The van der Waals surface area contributed by atoms with Gasteiger partial charge in [0.15, 0.2) is 17.0 Å². The predicted molar refractivity (Wildman–Crippen MR) is 91.0 cm³/mol. The van der Waals surface area contributed by atoms with E-state index in [0.29, 0.717) is 18.3 Å². The van der Waals surface area contributed by atoms with Crippen molar-refractivity contribution < 1.29 is 5.11 Å². The number of imidazole rings is 1. The van der Waals surface area contributed by atoms with Crippen molar-refractivity contribution in [1.82, 2.24) is 19.5 Å². The molecule has 7 heteroatoms. The van der Waals surface area contributed by atoms with Crippen LogP contribution in [0.15, 0.2) is 36.7 Å². The Hall–Kier alpha value is -2.67. The van der Waals surface area contributed by atoms with E-state index < -0.39 is 0 Å². The number of aromatic nitrogens is 4. The molecule has 0 saturated heterocycles. The fourth-order valence-electron chi connectivity index (χ4n) is 2.29. The van der Waals surface area contributed by atoms with Gasteiger partial charge in [-0.05, 0) is 26.0 Å². The van der Waals surface area contributed by atoms with Crippen molar-refractivity contribution in [1.29, 1.82) is 0 Å². The van der Waals surface area contributed by atoms with Crippen LogP contribution in [0, 0.1) is 0 Å². The SMILES string of the molecule is CC(C)n1cnc2c(Nc3ccccc3)nc(NCCO)nc21. The standard InChI is InChI=1S/C16H20N6O/c1-11(2)22-10-18-13-14(19-12-6-4-3-5-7-12)20-16(17-8-9-23)21-15(13)22/h3-7,10-11,23H,8-9H2,1-2H3,(H2,17,19,20,21). The van der Waals surface area contributed by atoms with Crippen LogP contribution in [0.3, 0.4) is 0 Å². The summed E-state index contributed by atoms with van der Waals surface area (Å²) >= 11 is 0. The normalized spacial score (nSPS) is 11.1. The molecule has 0 amide bonds. The first-order valence-corrected chi connectivity index (χ1v) is 7.60. The van der Waals surface area contributed by atoms with Gasteiger partial charge in [0.1, 0.15) is 0 Å². The molecule has 0 fully saturated rings. The lowest BCUT2D eigenvalue weighted by molar-refractivity contribution is 0.311. The first-order chi connectivity index (χ1) is 11.2. The maximum absolute atomic E-state index is 9.00. The van der Waals surface area contributed by atoms with E-state index in [0.717, 1.165) is 16.9 Å². The van der Waals surface area contributed by atoms with Gasteiger partial charge >= 0.3 is 0 Å². The molecule has 3 rings (SSSR count). The number of benzene rings is 1. The summed E-state index contributed by atoms with van der Waals surface area (Å²) in [5.74, 6) is 1.11. The van der Waals surface area contributed by atoms with Crippen molar-refractivity contribution in [2.24, 2.45) is 0 Å². The highest BCUT2D eigenvalue weighted by Gasteiger charge is 2.14. The van der Waals surface area contributed by atoms with Crippen LogP contribution in [0.1, 0.15) is 19.9 Å². The van der Waals surface area contributed by atoms with E-state index in [-0.39, 0.29) is 12.6 Å². The zero-order valence-electron chi connectivity index (χ0n) is 13.2. The fraction of sp³-hybridized carbons (Fsp3) is 0.312. The molecule has 0 saturated carbocycles. The number of hydrogen-bond acceptors (Lipinski definition) is 6. The molecule has 0 aliphatic rings. The zero-order chi connectivity index (χ0) is 16.2. The zero-order valence-corrected chi connectivity index (χ0v) is 13.2. The van der Waals surface area contributed by atoms with Gasteiger partial charge in [-0.2, -0.15) is 9.97 Å². The summed E-state index contributed by atoms with van der Waals surface area (Å²) in [6.45, 7) is 4.57. The molecule has 2 aromatic heterocycles. The van der Waals surface area contributed by atoms with Crippen LogP contribution in [-0.2, 0) is 0 Å². The largest absolute Gasteiger partial charge is 0.395 e. The molecule has 0 spiro atoms. The van der Waals surface area contributed by atoms with Gasteiger partial charge in [0.05, 0.1) is 12.9 Å². The van der Waals surface area contributed by atoms with Crippen LogP contribution in [0.2, 0.25) is 0 Å². The summed E-state index contributed by atoms with van der Waals surface area (Å²) in [5.41, 5.74) is 2.41. The number of hydrogen-bond donors (Lipinski definition) is 3. The van der Waals surface area contributed by atoms with E-state index in [2.05, 4.69) is 39.4 Å². The third-order valence-corrected chi connectivity index (χ3v) is 3.41. The number of fused-ring (bicyclic) bond motifs is 1. The molecule has 1 aromatic carbocycles. The lowest BCUT2D eigenvalue weighted by atomic mass is 10.3. The second-order valence-corrected chi connectivity index (χ2v) is 5.46. The summed E-state index contributed by atoms with van der Waals surface area (Å²) in [6.07, 6.45) is 1.77. The number of aliphatic hydroxyl groups excluding tert-OH is 1. The lowest BCUT2D eigenvalue weighted by Gasteiger charge is -2.11. The highest BCUT2D eigenvalue weighted by Crippen LogP contribution is 2.25. The molecule has 3 N–H and O–H groups in total. The first kappa shape index (κ1) is 15.2. The van der Waals surface area contributed by atoms with E-state index in [1.54, 1.807) is 6.33 Å². The number of anilines is 3. The predicted octanol–water partition coefficient (Wildman–Crippen LogP) is 2.56. The average molecular weight is 312 g/mol. The van der Waals surface area contributed by atoms with Crippen molar-refractivity contribution in [3.63, 3.8) is 0 Å². The minimum absolute atomic E-state index is 0.0201. The Morgan fingerprint density at radius 3 is 2.65 bits per heavy atom. The van der Waals surface area contributed by atoms with Crippen LogP contribution in [0.5, 0.6) is 0 Å². The van der Waals surface area contributed by atoms with Crippen LogP contribution in [0.25, 0.3) is 11.2 Å². The minimum Gasteiger partial charge on any atom is -0.395 e. The highest BCUT2D eigenvalue weighted by molar-refractivity contribution is 5.86. The fourth-order valence-corrected chi connectivity index (χ4v) is 2.29. The maximum atomic E-state index is 9.00. The minimum atomic E-state index is 0.0201. The van der Waals surface area contributed by atoms with Gasteiger partial charge in [-0.15, -0.1) is 0 Å². The van der Waals surface area contributed by atoms with Crippen molar-refractivity contribution in [2.45, 2.75) is 19.9 Å². The highest BCUT2D eigenvalue weighted by atomic mass is 16.3.